The third-order valence-electron chi connectivity index (χ3n) is 12.7. The molecule has 2 heterocycles. The number of nitrogens with one attached hydrogen (secondary N) is 2. The summed E-state index contributed by atoms with van der Waals surface area (Å²) in [6, 6.07) is 21.4. The molecule has 0 saturated heterocycles. The second kappa shape index (κ2) is 29.9. The number of esters is 2. The summed E-state index contributed by atoms with van der Waals surface area (Å²) in [5.41, 5.74) is 5.29. The standard InChI is InChI=1S/2C27H34N2O7.2ClH/c2*1-5-36-27(33)21(12-11-18-9-7-6-8-10-18)28-17(2)25(30)29-16-20-15-24(35-4)23(34-3)14-19(20)13-22(29)26(31)32;;/h2*6-10,14-15,17,21-22,28H,5,11-13,16H2,1-4H3,(H,31,32);2*1H/t2*17-,21-,22-;;/m00../s1. The van der Waals surface area contributed by atoms with Gasteiger partial charge in [-0.3, -0.25) is 29.8 Å². The van der Waals surface area contributed by atoms with E-state index in [-0.39, 0.29) is 64.0 Å². The molecule has 74 heavy (non-hydrogen) atoms. The van der Waals surface area contributed by atoms with Gasteiger partial charge in [0.2, 0.25) is 11.8 Å². The Morgan fingerprint density at radius 2 is 0.851 bits per heavy atom. The normalized spacial score (nSPS) is 16.0. The number of carboxylic acids is 2. The first-order valence-corrected chi connectivity index (χ1v) is 24.0. The summed E-state index contributed by atoms with van der Waals surface area (Å²) in [6.07, 6.45) is 2.38. The number of rotatable bonds is 22. The number of amides is 2. The Morgan fingerprint density at radius 3 is 1.14 bits per heavy atom. The molecule has 0 saturated carbocycles. The average molecular weight is 1070 g/mol. The molecule has 0 bridgehead atoms. The van der Waals surface area contributed by atoms with Gasteiger partial charge >= 0.3 is 23.9 Å². The van der Waals surface area contributed by atoms with Crippen molar-refractivity contribution < 1.29 is 67.4 Å². The summed E-state index contributed by atoms with van der Waals surface area (Å²) >= 11 is 0. The van der Waals surface area contributed by atoms with Gasteiger partial charge in [0.1, 0.15) is 24.2 Å². The van der Waals surface area contributed by atoms with Crippen LogP contribution in [-0.4, -0.2) is 134 Å². The molecule has 6 rings (SSSR count). The molecule has 4 aromatic carbocycles. The summed E-state index contributed by atoms with van der Waals surface area (Å²) in [5, 5.41) is 26.0. The predicted octanol–water partition coefficient (Wildman–Crippen LogP) is 6.01. The minimum Gasteiger partial charge on any atom is -0.493 e. The number of aryl methyl sites for hydroxylation is 2. The lowest BCUT2D eigenvalue weighted by Crippen LogP contribution is -2.56. The van der Waals surface area contributed by atoms with Crippen LogP contribution in [-0.2, 0) is 77.0 Å². The summed E-state index contributed by atoms with van der Waals surface area (Å²) < 4.78 is 31.9. The van der Waals surface area contributed by atoms with Crippen molar-refractivity contribution in [2.45, 2.75) is 116 Å². The van der Waals surface area contributed by atoms with Crippen molar-refractivity contribution in [1.82, 2.24) is 20.4 Å². The van der Waals surface area contributed by atoms with Crippen LogP contribution in [0.15, 0.2) is 84.9 Å². The van der Waals surface area contributed by atoms with E-state index in [1.807, 2.05) is 60.7 Å². The Balaban J connectivity index is 0.000000380. The zero-order valence-corrected chi connectivity index (χ0v) is 44.8. The van der Waals surface area contributed by atoms with Gasteiger partial charge in [-0.1, -0.05) is 60.7 Å². The van der Waals surface area contributed by atoms with Crippen LogP contribution in [0.25, 0.3) is 0 Å². The monoisotopic (exact) mass is 1070 g/mol. The van der Waals surface area contributed by atoms with Gasteiger partial charge in [0, 0.05) is 25.9 Å². The number of halogens is 2. The number of fused-ring (bicyclic) bond motifs is 2. The number of carbonyl (C=O) groups excluding carboxylic acids is 4. The van der Waals surface area contributed by atoms with Crippen molar-refractivity contribution in [3.8, 4) is 23.0 Å². The molecule has 6 atom stereocenters. The third-order valence-corrected chi connectivity index (χ3v) is 12.7. The Kier molecular flexibility index (Phi) is 25.0. The van der Waals surface area contributed by atoms with Crippen molar-refractivity contribution in [3.05, 3.63) is 118 Å². The fourth-order valence-corrected chi connectivity index (χ4v) is 8.91. The van der Waals surface area contributed by atoms with Crippen LogP contribution < -0.4 is 29.6 Å². The highest BCUT2D eigenvalue weighted by molar-refractivity contribution is 5.89. The molecule has 4 N–H and O–H groups in total. The average Bonchev–Trinajstić information content (AvgIpc) is 3.39. The molecule has 18 nitrogen and oxygen atoms in total. The van der Waals surface area contributed by atoms with E-state index in [0.29, 0.717) is 48.7 Å². The van der Waals surface area contributed by atoms with Crippen molar-refractivity contribution in [2.75, 3.05) is 41.7 Å². The van der Waals surface area contributed by atoms with E-state index >= 15 is 0 Å². The van der Waals surface area contributed by atoms with Crippen LogP contribution in [0.1, 0.15) is 73.9 Å². The zero-order chi connectivity index (χ0) is 52.5. The van der Waals surface area contributed by atoms with Crippen LogP contribution in [0, 0.1) is 0 Å². The van der Waals surface area contributed by atoms with E-state index in [4.69, 9.17) is 28.4 Å². The number of hydrogen-bond acceptors (Lipinski definition) is 14. The topological polar surface area (TPSA) is 229 Å². The second-order valence-corrected chi connectivity index (χ2v) is 17.4. The molecule has 0 aromatic heterocycles. The first-order valence-electron chi connectivity index (χ1n) is 24.0. The van der Waals surface area contributed by atoms with Crippen molar-refractivity contribution in [2.24, 2.45) is 0 Å². The molecule has 2 aliphatic heterocycles. The van der Waals surface area contributed by atoms with Crippen LogP contribution >= 0.6 is 24.8 Å². The molecule has 0 spiro atoms. The van der Waals surface area contributed by atoms with E-state index in [2.05, 4.69) is 10.6 Å². The molecule has 0 aliphatic carbocycles. The maximum atomic E-state index is 13.5. The van der Waals surface area contributed by atoms with E-state index < -0.39 is 71.9 Å². The highest BCUT2D eigenvalue weighted by Gasteiger charge is 2.40. The molecular weight excluding hydrogens is 1000 g/mol. The first-order chi connectivity index (χ1) is 34.6. The lowest BCUT2D eigenvalue weighted by atomic mass is 9.92. The maximum absolute atomic E-state index is 13.5. The van der Waals surface area contributed by atoms with E-state index in [9.17, 15) is 39.0 Å². The minimum atomic E-state index is -1.10. The molecule has 2 aliphatic rings. The molecule has 4 aromatic rings. The largest absolute Gasteiger partial charge is 0.493 e. The number of hydrogen-bond donors (Lipinski definition) is 4. The predicted molar refractivity (Wildman–Crippen MR) is 281 cm³/mol. The number of methoxy groups -OCH3 is 4. The SMILES string of the molecule is CCOC(=O)[C@H](CCc1ccccc1)N[C@@H](C)C(=O)N1Cc2cc(OC)c(OC)cc2C[C@H]1C(=O)O.CCOC(=O)[C@H](CCc1ccccc1)N[C@@H](C)C(=O)N1Cc2cc(OC)c(OC)cc2C[C@H]1C(=O)O.Cl.Cl. The Hall–Kier alpha value is -6.60. The molecule has 2 amide bonds. The smallest absolute Gasteiger partial charge is 0.326 e. The lowest BCUT2D eigenvalue weighted by Gasteiger charge is -2.37. The van der Waals surface area contributed by atoms with Gasteiger partial charge in [0.05, 0.1) is 53.7 Å². The zero-order valence-electron chi connectivity index (χ0n) is 43.1. The van der Waals surface area contributed by atoms with Crippen LogP contribution in [0.4, 0.5) is 0 Å². The van der Waals surface area contributed by atoms with Gasteiger partial charge in [-0.15, -0.1) is 24.8 Å². The van der Waals surface area contributed by atoms with Crippen molar-refractivity contribution in [3.63, 3.8) is 0 Å². The Labute approximate surface area is 445 Å². The number of benzene rings is 4. The number of nitrogens with zero attached hydrogens (tertiary/aromatic N) is 2. The summed E-state index contributed by atoms with van der Waals surface area (Å²) in [5.74, 6) is -1.86. The lowest BCUT2D eigenvalue weighted by molar-refractivity contribution is -0.153. The van der Waals surface area contributed by atoms with Crippen LogP contribution in [0.5, 0.6) is 23.0 Å². The molecular formula is C54H70Cl2N4O14. The summed E-state index contributed by atoms with van der Waals surface area (Å²) in [7, 11) is 6.07. The summed E-state index contributed by atoms with van der Waals surface area (Å²) in [4.78, 5) is 79.1. The van der Waals surface area contributed by atoms with Crippen molar-refractivity contribution >= 4 is 60.5 Å². The van der Waals surface area contributed by atoms with Gasteiger partial charge < -0.3 is 48.4 Å². The highest BCUT2D eigenvalue weighted by atomic mass is 35.5. The van der Waals surface area contributed by atoms with Gasteiger partial charge in [-0.05, 0) is 111 Å². The van der Waals surface area contributed by atoms with Crippen LogP contribution in [0.2, 0.25) is 0 Å². The van der Waals surface area contributed by atoms with Crippen molar-refractivity contribution in [1.29, 1.82) is 0 Å². The van der Waals surface area contributed by atoms with E-state index in [0.717, 1.165) is 33.4 Å². The fourth-order valence-electron chi connectivity index (χ4n) is 8.91. The third kappa shape index (κ3) is 16.2. The first kappa shape index (κ1) is 61.7. The molecule has 20 heteroatoms. The Bertz CT molecular complexity index is 2330. The number of carboxylic acid groups (broad SMARTS) is 2. The minimum absolute atomic E-state index is 0. The second-order valence-electron chi connectivity index (χ2n) is 17.4. The summed E-state index contributed by atoms with van der Waals surface area (Å²) in [6.45, 7) is 7.39. The van der Waals surface area contributed by atoms with E-state index in [1.54, 1.807) is 52.0 Å². The number of carbonyl (C=O) groups is 6. The number of aliphatic carboxylic acids is 2. The molecule has 404 valence electrons. The quantitative estimate of drug-likeness (QED) is 0.0661. The molecule has 0 unspecified atom stereocenters. The fraction of sp³-hybridized carbons (Fsp3) is 0.444. The maximum Gasteiger partial charge on any atom is 0.326 e. The van der Waals surface area contributed by atoms with Gasteiger partial charge in [-0.25, -0.2) is 9.59 Å². The molecule has 0 radical (unpaired) electrons. The van der Waals surface area contributed by atoms with E-state index in [1.165, 1.54) is 38.2 Å². The Morgan fingerprint density at radius 1 is 0.541 bits per heavy atom. The number of ether oxygens (including phenoxy) is 6. The van der Waals surface area contributed by atoms with Crippen LogP contribution in [0.3, 0.4) is 0 Å². The highest BCUT2D eigenvalue weighted by Crippen LogP contribution is 2.36. The van der Waals surface area contributed by atoms with Gasteiger partial charge in [0.25, 0.3) is 0 Å². The van der Waals surface area contributed by atoms with Gasteiger partial charge in [-0.2, -0.15) is 0 Å². The van der Waals surface area contributed by atoms with Gasteiger partial charge in [0.15, 0.2) is 23.0 Å². The molecule has 0 fully saturated rings.